The summed E-state index contributed by atoms with van der Waals surface area (Å²) >= 11 is 0. The number of aliphatic hydroxyl groups is 2. The molecular weight excluding hydrogens is 230 g/mol. The third-order valence-corrected chi connectivity index (χ3v) is 2.69. The van der Waals surface area contributed by atoms with Crippen LogP contribution in [-0.2, 0) is 4.74 Å². The van der Waals surface area contributed by atoms with Crippen LogP contribution >= 0.6 is 0 Å². The molecule has 0 radical (unpaired) electrons. The number of rotatable bonds is 2. The number of nitrogens with two attached hydrogens (primary N) is 1. The minimum Gasteiger partial charge on any atom is -0.387 e. The van der Waals surface area contributed by atoms with Crippen molar-refractivity contribution >= 4 is 0 Å². The maximum Gasteiger partial charge on any atom is 0.330 e. The molecule has 8 nitrogen and oxygen atoms in total. The molecule has 1 saturated heterocycles. The maximum absolute atomic E-state index is 11.5. The Morgan fingerprint density at radius 3 is 2.65 bits per heavy atom. The van der Waals surface area contributed by atoms with E-state index in [1.54, 1.807) is 0 Å². The van der Waals surface area contributed by atoms with Gasteiger partial charge in [-0.15, -0.1) is 0 Å². The van der Waals surface area contributed by atoms with Crippen LogP contribution in [0.15, 0.2) is 21.9 Å². The van der Waals surface area contributed by atoms with Gasteiger partial charge in [-0.25, -0.2) is 4.79 Å². The molecule has 2 rings (SSSR count). The van der Waals surface area contributed by atoms with E-state index in [0.717, 1.165) is 10.6 Å². The van der Waals surface area contributed by atoms with E-state index < -0.39 is 35.8 Å². The van der Waals surface area contributed by atoms with E-state index >= 15 is 0 Å². The monoisotopic (exact) mass is 243 g/mol. The molecule has 0 spiro atoms. The van der Waals surface area contributed by atoms with Crippen molar-refractivity contribution in [2.45, 2.75) is 24.5 Å². The largest absolute Gasteiger partial charge is 0.387 e. The van der Waals surface area contributed by atoms with E-state index in [-0.39, 0.29) is 6.54 Å². The van der Waals surface area contributed by atoms with Gasteiger partial charge in [0.1, 0.15) is 18.3 Å². The summed E-state index contributed by atoms with van der Waals surface area (Å²) in [7, 11) is 0. The second-order valence-electron chi connectivity index (χ2n) is 3.80. The van der Waals surface area contributed by atoms with Gasteiger partial charge in [-0.1, -0.05) is 0 Å². The number of aromatic amines is 1. The Morgan fingerprint density at radius 1 is 1.41 bits per heavy atom. The zero-order chi connectivity index (χ0) is 12.6. The zero-order valence-electron chi connectivity index (χ0n) is 8.81. The van der Waals surface area contributed by atoms with Gasteiger partial charge in [0.2, 0.25) is 0 Å². The van der Waals surface area contributed by atoms with Gasteiger partial charge in [-0.3, -0.25) is 14.3 Å². The lowest BCUT2D eigenvalue weighted by atomic mass is 10.1. The van der Waals surface area contributed by atoms with Crippen molar-refractivity contribution < 1.29 is 14.9 Å². The Morgan fingerprint density at radius 2 is 2.12 bits per heavy atom. The fourth-order valence-corrected chi connectivity index (χ4v) is 1.78. The lowest BCUT2D eigenvalue weighted by Crippen LogP contribution is -2.38. The maximum atomic E-state index is 11.5. The number of aromatic nitrogens is 2. The highest BCUT2D eigenvalue weighted by atomic mass is 16.6. The van der Waals surface area contributed by atoms with E-state index in [4.69, 9.17) is 10.5 Å². The Hall–Kier alpha value is -1.48. The highest BCUT2D eigenvalue weighted by molar-refractivity contribution is 4.93. The Labute approximate surface area is 95.3 Å². The molecule has 1 fully saturated rings. The molecule has 5 N–H and O–H groups in total. The van der Waals surface area contributed by atoms with Crippen LogP contribution in [0.25, 0.3) is 0 Å². The van der Waals surface area contributed by atoms with Crippen LogP contribution in [0.3, 0.4) is 0 Å². The van der Waals surface area contributed by atoms with Gasteiger partial charge in [0, 0.05) is 18.8 Å². The molecule has 17 heavy (non-hydrogen) atoms. The minimum atomic E-state index is -1.27. The first-order chi connectivity index (χ1) is 8.04. The average molecular weight is 243 g/mol. The number of nitrogens with zero attached hydrogens (tertiary/aromatic N) is 1. The van der Waals surface area contributed by atoms with Crippen LogP contribution in [0.1, 0.15) is 6.23 Å². The molecule has 0 amide bonds. The summed E-state index contributed by atoms with van der Waals surface area (Å²) in [5.41, 5.74) is 4.08. The molecule has 8 heteroatoms. The van der Waals surface area contributed by atoms with Gasteiger partial charge >= 0.3 is 5.69 Å². The molecule has 0 aliphatic carbocycles. The molecule has 94 valence electrons. The first-order valence-electron chi connectivity index (χ1n) is 5.07. The van der Waals surface area contributed by atoms with Crippen molar-refractivity contribution in [2.24, 2.45) is 5.73 Å². The van der Waals surface area contributed by atoms with Crippen molar-refractivity contribution in [3.05, 3.63) is 33.1 Å². The van der Waals surface area contributed by atoms with Crippen LogP contribution < -0.4 is 17.0 Å². The summed E-state index contributed by atoms with van der Waals surface area (Å²) < 4.78 is 6.26. The first-order valence-corrected chi connectivity index (χ1v) is 5.07. The van der Waals surface area contributed by atoms with E-state index in [1.165, 1.54) is 6.20 Å². The molecule has 1 aromatic rings. The van der Waals surface area contributed by atoms with Crippen LogP contribution in [0.4, 0.5) is 0 Å². The molecular formula is C9H13N3O5. The second kappa shape index (κ2) is 4.41. The summed E-state index contributed by atoms with van der Waals surface area (Å²) in [6.07, 6.45) is -3.03. The van der Waals surface area contributed by atoms with Crippen LogP contribution in [0.2, 0.25) is 0 Å². The van der Waals surface area contributed by atoms with Gasteiger partial charge in [-0.2, -0.15) is 0 Å². The summed E-state index contributed by atoms with van der Waals surface area (Å²) in [4.78, 5) is 24.4. The lowest BCUT2D eigenvalue weighted by Gasteiger charge is -2.16. The number of nitrogens with one attached hydrogen (secondary N) is 1. The first kappa shape index (κ1) is 12.0. The second-order valence-corrected chi connectivity index (χ2v) is 3.80. The van der Waals surface area contributed by atoms with Crippen LogP contribution in [0.5, 0.6) is 0 Å². The Kier molecular flexibility index (Phi) is 3.11. The van der Waals surface area contributed by atoms with Crippen molar-refractivity contribution in [3.63, 3.8) is 0 Å². The van der Waals surface area contributed by atoms with Gasteiger partial charge in [-0.05, 0) is 0 Å². The molecule has 1 aliphatic rings. The molecule has 1 unspecified atom stereocenters. The van der Waals surface area contributed by atoms with Crippen LogP contribution in [-0.4, -0.2) is 44.6 Å². The Balaban J connectivity index is 2.35. The average Bonchev–Trinajstić information content (AvgIpc) is 2.57. The topological polar surface area (TPSA) is 131 Å². The highest BCUT2D eigenvalue weighted by Gasteiger charge is 2.43. The predicted molar refractivity (Wildman–Crippen MR) is 56.3 cm³/mol. The molecule has 2 heterocycles. The van der Waals surface area contributed by atoms with Gasteiger partial charge in [0.25, 0.3) is 5.56 Å². The standard InChI is InChI=1S/C9H13N3O5/c10-3-4-6(14)7(15)8(17-4)12-2-1-5(13)11-9(12)16/h1-2,4,6-8,14-15H,3,10H2,(H,11,13,16)/t4-,6?,7+,8-/m1/s1. The summed E-state index contributed by atoms with van der Waals surface area (Å²) in [6.45, 7) is 0.0207. The van der Waals surface area contributed by atoms with E-state index in [1.807, 2.05) is 4.98 Å². The zero-order valence-corrected chi connectivity index (χ0v) is 8.81. The SMILES string of the molecule is NC[C@H]1O[C@@H](n2ccc(=O)[nH]c2=O)[C@@H](O)C1O. The highest BCUT2D eigenvalue weighted by Crippen LogP contribution is 2.27. The summed E-state index contributed by atoms with van der Waals surface area (Å²) in [5.74, 6) is 0. The number of hydrogen-bond acceptors (Lipinski definition) is 6. The number of ether oxygens (including phenoxy) is 1. The lowest BCUT2D eigenvalue weighted by molar-refractivity contribution is -0.0372. The fourth-order valence-electron chi connectivity index (χ4n) is 1.78. The number of aliphatic hydroxyl groups excluding tert-OH is 2. The predicted octanol–water partition coefficient (Wildman–Crippen LogP) is -2.89. The van der Waals surface area contributed by atoms with Crippen molar-refractivity contribution in [1.82, 2.24) is 9.55 Å². The van der Waals surface area contributed by atoms with Crippen molar-refractivity contribution in [1.29, 1.82) is 0 Å². The van der Waals surface area contributed by atoms with Crippen molar-refractivity contribution in [3.8, 4) is 0 Å². The van der Waals surface area contributed by atoms with E-state index in [0.29, 0.717) is 0 Å². The molecule has 1 aromatic heterocycles. The smallest absolute Gasteiger partial charge is 0.330 e. The molecule has 0 aromatic carbocycles. The van der Waals surface area contributed by atoms with E-state index in [9.17, 15) is 19.8 Å². The van der Waals surface area contributed by atoms with Gasteiger partial charge in [0.15, 0.2) is 6.23 Å². The van der Waals surface area contributed by atoms with Gasteiger partial charge < -0.3 is 20.7 Å². The van der Waals surface area contributed by atoms with Crippen molar-refractivity contribution in [2.75, 3.05) is 6.54 Å². The minimum absolute atomic E-state index is 0.0207. The fraction of sp³-hybridized carbons (Fsp3) is 0.556. The summed E-state index contributed by atoms with van der Waals surface area (Å²) in [6, 6.07) is 1.12. The molecule has 0 bridgehead atoms. The van der Waals surface area contributed by atoms with Gasteiger partial charge in [0.05, 0.1) is 0 Å². The third-order valence-electron chi connectivity index (χ3n) is 2.69. The normalized spacial score (nSPS) is 32.9. The van der Waals surface area contributed by atoms with Crippen LogP contribution in [0, 0.1) is 0 Å². The third kappa shape index (κ3) is 2.03. The molecule has 1 aliphatic heterocycles. The quantitative estimate of drug-likeness (QED) is 0.441. The summed E-state index contributed by atoms with van der Waals surface area (Å²) in [5, 5.41) is 19.3. The molecule has 4 atom stereocenters. The molecule has 0 saturated carbocycles. The number of hydrogen-bond donors (Lipinski definition) is 4. The Bertz CT molecular complexity index is 510. The van der Waals surface area contributed by atoms with E-state index in [2.05, 4.69) is 0 Å². The number of H-pyrrole nitrogens is 1.